The van der Waals surface area contributed by atoms with Crippen LogP contribution in [0.2, 0.25) is 0 Å². The molecule has 0 spiro atoms. The van der Waals surface area contributed by atoms with Crippen LogP contribution in [0.15, 0.2) is 30.3 Å². The number of rotatable bonds is 6. The van der Waals surface area contributed by atoms with Gasteiger partial charge in [0.15, 0.2) is 0 Å². The van der Waals surface area contributed by atoms with Crippen LogP contribution in [0.4, 0.5) is 0 Å². The Hall–Kier alpha value is -1.39. The molecule has 20 heavy (non-hydrogen) atoms. The molecule has 1 heterocycles. The van der Waals surface area contributed by atoms with Crippen molar-refractivity contribution in [1.29, 1.82) is 0 Å². The van der Waals surface area contributed by atoms with Crippen LogP contribution < -0.4 is 5.32 Å². The first kappa shape index (κ1) is 15.0. The predicted molar refractivity (Wildman–Crippen MR) is 79.5 cm³/mol. The molecule has 1 aromatic rings. The SMILES string of the molecule is COCCNC(C(=O)N1CCCCC1)c1ccccc1. The average Bonchev–Trinajstić information content (AvgIpc) is 2.53. The standard InChI is InChI=1S/C16H24N2O2/c1-20-13-10-17-15(14-8-4-2-5-9-14)16(19)18-11-6-3-7-12-18/h2,4-5,8-9,15,17H,3,6-7,10-13H2,1H3. The van der Waals surface area contributed by atoms with Crippen molar-refractivity contribution in [2.24, 2.45) is 0 Å². The first-order valence-corrected chi connectivity index (χ1v) is 7.39. The predicted octanol–water partition coefficient (Wildman–Crippen LogP) is 1.98. The number of amides is 1. The van der Waals surface area contributed by atoms with Gasteiger partial charge in [-0.1, -0.05) is 30.3 Å². The third-order valence-electron chi connectivity index (χ3n) is 3.70. The molecule has 0 aliphatic carbocycles. The van der Waals surface area contributed by atoms with E-state index >= 15 is 0 Å². The first-order valence-electron chi connectivity index (χ1n) is 7.39. The summed E-state index contributed by atoms with van der Waals surface area (Å²) in [4.78, 5) is 14.7. The maximum atomic E-state index is 12.7. The van der Waals surface area contributed by atoms with Crippen LogP contribution >= 0.6 is 0 Å². The number of carbonyl (C=O) groups excluding carboxylic acids is 1. The van der Waals surface area contributed by atoms with Gasteiger partial charge in [0.2, 0.25) is 5.91 Å². The van der Waals surface area contributed by atoms with E-state index in [0.717, 1.165) is 31.5 Å². The largest absolute Gasteiger partial charge is 0.383 e. The highest BCUT2D eigenvalue weighted by Gasteiger charge is 2.26. The summed E-state index contributed by atoms with van der Waals surface area (Å²) >= 11 is 0. The zero-order chi connectivity index (χ0) is 14.2. The van der Waals surface area contributed by atoms with Gasteiger partial charge in [-0.3, -0.25) is 10.1 Å². The van der Waals surface area contributed by atoms with Gasteiger partial charge < -0.3 is 9.64 Å². The molecule has 1 fully saturated rings. The van der Waals surface area contributed by atoms with Crippen LogP contribution in [0.1, 0.15) is 30.9 Å². The van der Waals surface area contributed by atoms with Gasteiger partial charge in [0.1, 0.15) is 6.04 Å². The second-order valence-corrected chi connectivity index (χ2v) is 5.18. The van der Waals surface area contributed by atoms with E-state index in [2.05, 4.69) is 5.32 Å². The quantitative estimate of drug-likeness (QED) is 0.808. The van der Waals surface area contributed by atoms with Crippen molar-refractivity contribution < 1.29 is 9.53 Å². The van der Waals surface area contributed by atoms with E-state index in [-0.39, 0.29) is 11.9 Å². The fraction of sp³-hybridized carbons (Fsp3) is 0.562. The van der Waals surface area contributed by atoms with Crippen molar-refractivity contribution in [2.75, 3.05) is 33.4 Å². The zero-order valence-electron chi connectivity index (χ0n) is 12.2. The number of methoxy groups -OCH3 is 1. The molecule has 4 nitrogen and oxygen atoms in total. The molecule has 0 saturated carbocycles. The number of nitrogens with zero attached hydrogens (tertiary/aromatic N) is 1. The maximum absolute atomic E-state index is 12.7. The summed E-state index contributed by atoms with van der Waals surface area (Å²) < 4.78 is 5.07. The Labute approximate surface area is 121 Å². The van der Waals surface area contributed by atoms with Crippen LogP contribution in [-0.4, -0.2) is 44.2 Å². The van der Waals surface area contributed by atoms with E-state index < -0.39 is 0 Å². The lowest BCUT2D eigenvalue weighted by Gasteiger charge is -2.31. The molecule has 4 heteroatoms. The lowest BCUT2D eigenvalue weighted by atomic mass is 10.0. The molecule has 1 aliphatic rings. The van der Waals surface area contributed by atoms with Gasteiger partial charge >= 0.3 is 0 Å². The van der Waals surface area contributed by atoms with Crippen LogP contribution in [-0.2, 0) is 9.53 Å². The summed E-state index contributed by atoms with van der Waals surface area (Å²) in [5.41, 5.74) is 1.03. The van der Waals surface area contributed by atoms with Crippen molar-refractivity contribution in [2.45, 2.75) is 25.3 Å². The van der Waals surface area contributed by atoms with Crippen LogP contribution in [0, 0.1) is 0 Å². The van der Waals surface area contributed by atoms with E-state index in [1.165, 1.54) is 6.42 Å². The lowest BCUT2D eigenvalue weighted by Crippen LogP contribution is -2.44. The van der Waals surface area contributed by atoms with E-state index in [9.17, 15) is 4.79 Å². The molecule has 2 rings (SSSR count). The summed E-state index contributed by atoms with van der Waals surface area (Å²) in [7, 11) is 1.67. The molecule has 0 aromatic heterocycles. The monoisotopic (exact) mass is 276 g/mol. The van der Waals surface area contributed by atoms with Gasteiger partial charge in [-0.05, 0) is 24.8 Å². The van der Waals surface area contributed by atoms with E-state index in [1.54, 1.807) is 7.11 Å². The summed E-state index contributed by atoms with van der Waals surface area (Å²) in [6.45, 7) is 3.05. The Kier molecular flexibility index (Phi) is 6.02. The second kappa shape index (κ2) is 8.02. The number of hydrogen-bond acceptors (Lipinski definition) is 3. The summed E-state index contributed by atoms with van der Waals surface area (Å²) in [5, 5.41) is 3.32. The van der Waals surface area contributed by atoms with Crippen molar-refractivity contribution in [1.82, 2.24) is 10.2 Å². The van der Waals surface area contributed by atoms with Gasteiger partial charge in [-0.2, -0.15) is 0 Å². The van der Waals surface area contributed by atoms with Gasteiger partial charge in [0.05, 0.1) is 6.61 Å². The normalized spacial score (nSPS) is 16.9. The van der Waals surface area contributed by atoms with Gasteiger partial charge in [0, 0.05) is 26.7 Å². The minimum absolute atomic E-state index is 0.187. The van der Waals surface area contributed by atoms with E-state index in [4.69, 9.17) is 4.74 Å². The summed E-state index contributed by atoms with van der Waals surface area (Å²) in [6, 6.07) is 9.68. The molecule has 0 radical (unpaired) electrons. The van der Waals surface area contributed by atoms with Crippen LogP contribution in [0.5, 0.6) is 0 Å². The van der Waals surface area contributed by atoms with Crippen LogP contribution in [0.3, 0.4) is 0 Å². The minimum atomic E-state index is -0.260. The molecule has 1 atom stereocenters. The number of benzene rings is 1. The number of ether oxygens (including phenoxy) is 1. The first-order chi connectivity index (χ1) is 9.83. The Morgan fingerprint density at radius 1 is 1.25 bits per heavy atom. The number of nitrogens with one attached hydrogen (secondary N) is 1. The van der Waals surface area contributed by atoms with Crippen molar-refractivity contribution in [3.63, 3.8) is 0 Å². The number of likely N-dealkylation sites (tertiary alicyclic amines) is 1. The molecule has 1 aromatic carbocycles. The van der Waals surface area contributed by atoms with Crippen molar-refractivity contribution >= 4 is 5.91 Å². The van der Waals surface area contributed by atoms with Crippen molar-refractivity contribution in [3.8, 4) is 0 Å². The molecule has 1 saturated heterocycles. The summed E-state index contributed by atoms with van der Waals surface area (Å²) in [5.74, 6) is 0.187. The van der Waals surface area contributed by atoms with E-state index in [1.807, 2.05) is 35.2 Å². The number of carbonyl (C=O) groups is 1. The molecular formula is C16H24N2O2. The third-order valence-corrected chi connectivity index (χ3v) is 3.70. The highest BCUT2D eigenvalue weighted by atomic mass is 16.5. The molecule has 1 unspecified atom stereocenters. The Bertz CT molecular complexity index is 402. The van der Waals surface area contributed by atoms with Gasteiger partial charge in [-0.15, -0.1) is 0 Å². The molecule has 110 valence electrons. The molecular weight excluding hydrogens is 252 g/mol. The Morgan fingerprint density at radius 2 is 1.95 bits per heavy atom. The van der Waals surface area contributed by atoms with Gasteiger partial charge in [-0.25, -0.2) is 0 Å². The maximum Gasteiger partial charge on any atom is 0.244 e. The Balaban J connectivity index is 2.06. The highest BCUT2D eigenvalue weighted by molar-refractivity contribution is 5.83. The second-order valence-electron chi connectivity index (χ2n) is 5.18. The fourth-order valence-corrected chi connectivity index (χ4v) is 2.60. The molecule has 0 bridgehead atoms. The van der Waals surface area contributed by atoms with Crippen molar-refractivity contribution in [3.05, 3.63) is 35.9 Å². The Morgan fingerprint density at radius 3 is 2.60 bits per heavy atom. The number of hydrogen-bond donors (Lipinski definition) is 1. The molecule has 1 aliphatic heterocycles. The van der Waals surface area contributed by atoms with Gasteiger partial charge in [0.25, 0.3) is 0 Å². The number of piperidine rings is 1. The molecule has 1 amide bonds. The zero-order valence-corrected chi connectivity index (χ0v) is 12.2. The topological polar surface area (TPSA) is 41.6 Å². The summed E-state index contributed by atoms with van der Waals surface area (Å²) in [6.07, 6.45) is 3.47. The molecule has 1 N–H and O–H groups in total. The van der Waals surface area contributed by atoms with E-state index in [0.29, 0.717) is 13.2 Å². The highest BCUT2D eigenvalue weighted by Crippen LogP contribution is 2.18. The fourth-order valence-electron chi connectivity index (χ4n) is 2.60. The average molecular weight is 276 g/mol. The van der Waals surface area contributed by atoms with Crippen LogP contribution in [0.25, 0.3) is 0 Å². The minimum Gasteiger partial charge on any atom is -0.383 e. The third kappa shape index (κ3) is 4.05. The lowest BCUT2D eigenvalue weighted by molar-refractivity contribution is -0.134. The smallest absolute Gasteiger partial charge is 0.244 e.